The number of aromatic nitrogens is 1. The highest BCUT2D eigenvalue weighted by Crippen LogP contribution is 1.91. The zero-order valence-electron chi connectivity index (χ0n) is 5.17. The second-order valence-corrected chi connectivity index (χ2v) is 1.89. The summed E-state index contributed by atoms with van der Waals surface area (Å²) in [4.78, 5) is 2.93. The Labute approximate surface area is 54.2 Å². The van der Waals surface area contributed by atoms with Gasteiger partial charge in [-0.2, -0.15) is 0 Å². The molecule has 0 radical (unpaired) electrons. The molecule has 1 rings (SSSR count). The number of H-pyrrole nitrogens is 1. The Morgan fingerprint density at radius 3 is 3.00 bits per heavy atom. The summed E-state index contributed by atoms with van der Waals surface area (Å²) in [5.74, 6) is 0. The molecule has 0 aromatic carbocycles. The quantitative estimate of drug-likeness (QED) is 0.593. The first kappa shape index (κ1) is 6.23. The molecule has 0 bridgehead atoms. The van der Waals surface area contributed by atoms with E-state index in [1.54, 1.807) is 0 Å². The van der Waals surface area contributed by atoms with E-state index in [-0.39, 0.29) is 6.61 Å². The minimum Gasteiger partial charge on any atom is -0.396 e. The molecule has 0 saturated heterocycles. The molecular weight excluding hydrogens is 114 g/mol. The van der Waals surface area contributed by atoms with Gasteiger partial charge in [0.05, 0.1) is 0 Å². The SMILES string of the molecule is OCCc1ccc[nH+]c1. The zero-order chi connectivity index (χ0) is 6.53. The van der Waals surface area contributed by atoms with Crippen LogP contribution in [0.25, 0.3) is 0 Å². The summed E-state index contributed by atoms with van der Waals surface area (Å²) in [6.45, 7) is 0.220. The maximum atomic E-state index is 8.51. The van der Waals surface area contributed by atoms with Crippen LogP contribution in [0.5, 0.6) is 0 Å². The molecule has 9 heavy (non-hydrogen) atoms. The molecule has 0 spiro atoms. The molecule has 0 aliphatic rings. The van der Waals surface area contributed by atoms with E-state index in [9.17, 15) is 0 Å². The third-order valence-electron chi connectivity index (χ3n) is 1.17. The number of aromatic amines is 1. The van der Waals surface area contributed by atoms with E-state index in [1.807, 2.05) is 24.5 Å². The first-order valence-electron chi connectivity index (χ1n) is 2.99. The van der Waals surface area contributed by atoms with Gasteiger partial charge in [0.25, 0.3) is 0 Å². The molecule has 0 aliphatic heterocycles. The number of aliphatic hydroxyl groups excluding tert-OH is 1. The summed E-state index contributed by atoms with van der Waals surface area (Å²) in [5.41, 5.74) is 1.14. The van der Waals surface area contributed by atoms with E-state index in [0.29, 0.717) is 0 Å². The summed E-state index contributed by atoms with van der Waals surface area (Å²) in [7, 11) is 0. The minimum absolute atomic E-state index is 0.220. The molecular formula is C7H10NO+. The normalized spacial score (nSPS) is 9.44. The van der Waals surface area contributed by atoms with Gasteiger partial charge in [-0.15, -0.1) is 0 Å². The van der Waals surface area contributed by atoms with E-state index in [2.05, 4.69) is 4.98 Å². The Kier molecular flexibility index (Phi) is 2.22. The Morgan fingerprint density at radius 2 is 2.44 bits per heavy atom. The fourth-order valence-electron chi connectivity index (χ4n) is 0.715. The van der Waals surface area contributed by atoms with Crippen molar-refractivity contribution in [1.29, 1.82) is 0 Å². The third kappa shape index (κ3) is 1.82. The predicted molar refractivity (Wildman–Crippen MR) is 33.8 cm³/mol. The van der Waals surface area contributed by atoms with Crippen LogP contribution in [-0.2, 0) is 6.42 Å². The predicted octanol–water partition coefficient (Wildman–Crippen LogP) is 0.0355. The summed E-state index contributed by atoms with van der Waals surface area (Å²) in [6, 6.07) is 3.90. The molecule has 48 valence electrons. The number of aliphatic hydroxyl groups is 1. The average Bonchev–Trinajstić information content (AvgIpc) is 1.91. The van der Waals surface area contributed by atoms with Crippen molar-refractivity contribution in [2.75, 3.05) is 6.61 Å². The second-order valence-electron chi connectivity index (χ2n) is 1.89. The Hall–Kier alpha value is -0.890. The molecule has 0 saturated carbocycles. The van der Waals surface area contributed by atoms with Crippen molar-refractivity contribution in [3.63, 3.8) is 0 Å². The lowest BCUT2D eigenvalue weighted by Gasteiger charge is -1.88. The number of hydrogen-bond acceptors (Lipinski definition) is 1. The van der Waals surface area contributed by atoms with Crippen LogP contribution in [0.15, 0.2) is 24.5 Å². The zero-order valence-corrected chi connectivity index (χ0v) is 5.17. The number of hydrogen-bond donors (Lipinski definition) is 1. The van der Waals surface area contributed by atoms with Gasteiger partial charge in [-0.25, -0.2) is 4.98 Å². The van der Waals surface area contributed by atoms with Gasteiger partial charge < -0.3 is 5.11 Å². The van der Waals surface area contributed by atoms with E-state index in [0.717, 1.165) is 12.0 Å². The van der Waals surface area contributed by atoms with Crippen molar-refractivity contribution < 1.29 is 10.1 Å². The van der Waals surface area contributed by atoms with Gasteiger partial charge in [-0.05, 0) is 6.07 Å². The number of rotatable bonds is 2. The van der Waals surface area contributed by atoms with Gasteiger partial charge >= 0.3 is 0 Å². The summed E-state index contributed by atoms with van der Waals surface area (Å²) < 4.78 is 0. The highest BCUT2D eigenvalue weighted by molar-refractivity contribution is 5.04. The first-order chi connectivity index (χ1) is 4.43. The van der Waals surface area contributed by atoms with Crippen LogP contribution in [0.4, 0.5) is 0 Å². The molecule has 0 aliphatic carbocycles. The lowest BCUT2D eigenvalue weighted by atomic mass is 10.2. The van der Waals surface area contributed by atoms with Crippen LogP contribution in [0.3, 0.4) is 0 Å². The second kappa shape index (κ2) is 3.20. The van der Waals surface area contributed by atoms with Crippen LogP contribution in [-0.4, -0.2) is 11.7 Å². The number of nitrogens with one attached hydrogen (secondary N) is 1. The molecule has 1 aromatic rings. The molecule has 1 aromatic heterocycles. The van der Waals surface area contributed by atoms with Gasteiger partial charge in [0.2, 0.25) is 0 Å². The van der Waals surface area contributed by atoms with E-state index in [1.165, 1.54) is 0 Å². The Bertz CT molecular complexity index is 162. The fourth-order valence-corrected chi connectivity index (χ4v) is 0.715. The van der Waals surface area contributed by atoms with Crippen molar-refractivity contribution in [2.45, 2.75) is 6.42 Å². The Balaban J connectivity index is 2.61. The number of pyridine rings is 1. The van der Waals surface area contributed by atoms with E-state index < -0.39 is 0 Å². The van der Waals surface area contributed by atoms with Crippen LogP contribution >= 0.6 is 0 Å². The monoisotopic (exact) mass is 124 g/mol. The largest absolute Gasteiger partial charge is 0.396 e. The van der Waals surface area contributed by atoms with Crippen molar-refractivity contribution in [3.8, 4) is 0 Å². The molecule has 2 heteroatoms. The van der Waals surface area contributed by atoms with Gasteiger partial charge in [0, 0.05) is 24.7 Å². The van der Waals surface area contributed by atoms with Crippen molar-refractivity contribution >= 4 is 0 Å². The molecule has 1 heterocycles. The van der Waals surface area contributed by atoms with Gasteiger partial charge in [0.15, 0.2) is 12.4 Å². The Morgan fingerprint density at radius 1 is 1.56 bits per heavy atom. The highest BCUT2D eigenvalue weighted by atomic mass is 16.2. The fraction of sp³-hybridized carbons (Fsp3) is 0.286. The molecule has 2 N–H and O–H groups in total. The maximum Gasteiger partial charge on any atom is 0.170 e. The topological polar surface area (TPSA) is 34.4 Å². The van der Waals surface area contributed by atoms with Crippen LogP contribution in [0.2, 0.25) is 0 Å². The van der Waals surface area contributed by atoms with Gasteiger partial charge in [-0.1, -0.05) is 0 Å². The van der Waals surface area contributed by atoms with Gasteiger partial charge in [0.1, 0.15) is 0 Å². The summed E-state index contributed by atoms with van der Waals surface area (Å²) >= 11 is 0. The van der Waals surface area contributed by atoms with Crippen molar-refractivity contribution in [3.05, 3.63) is 30.1 Å². The van der Waals surface area contributed by atoms with Gasteiger partial charge in [-0.3, -0.25) is 0 Å². The lowest BCUT2D eigenvalue weighted by Crippen LogP contribution is -2.01. The molecule has 0 amide bonds. The summed E-state index contributed by atoms with van der Waals surface area (Å²) in [5, 5.41) is 8.51. The van der Waals surface area contributed by atoms with E-state index >= 15 is 0 Å². The molecule has 0 atom stereocenters. The third-order valence-corrected chi connectivity index (χ3v) is 1.17. The van der Waals surface area contributed by atoms with Crippen LogP contribution < -0.4 is 4.98 Å². The summed E-state index contributed by atoms with van der Waals surface area (Å²) in [6.07, 6.45) is 4.47. The minimum atomic E-state index is 0.220. The maximum absolute atomic E-state index is 8.51. The van der Waals surface area contributed by atoms with Crippen LogP contribution in [0.1, 0.15) is 5.56 Å². The highest BCUT2D eigenvalue weighted by Gasteiger charge is 1.90. The van der Waals surface area contributed by atoms with E-state index in [4.69, 9.17) is 5.11 Å². The smallest absolute Gasteiger partial charge is 0.170 e. The van der Waals surface area contributed by atoms with Crippen LogP contribution in [0, 0.1) is 0 Å². The first-order valence-corrected chi connectivity index (χ1v) is 2.99. The average molecular weight is 124 g/mol. The van der Waals surface area contributed by atoms with Crippen molar-refractivity contribution in [2.24, 2.45) is 0 Å². The lowest BCUT2D eigenvalue weighted by molar-refractivity contribution is -0.378. The molecule has 0 fully saturated rings. The molecule has 0 unspecified atom stereocenters. The standard InChI is InChI=1S/C7H9NO/c9-5-3-7-2-1-4-8-6-7/h1-2,4,6,9H,3,5H2/p+1. The molecule has 2 nitrogen and oxygen atoms in total. The van der Waals surface area contributed by atoms with Crippen molar-refractivity contribution in [1.82, 2.24) is 0 Å².